The van der Waals surface area contributed by atoms with Gasteiger partial charge in [0.15, 0.2) is 0 Å². The standard InChI is InChI=1S/C17H23NO/c1-17(2,13-19)18(3)12-11-15-9-6-8-14-7-4-5-10-16(14)15/h4-10,19H,11-13H2,1-3H3. The molecule has 0 saturated carbocycles. The largest absolute Gasteiger partial charge is 0.394 e. The van der Waals surface area contributed by atoms with Crippen molar-refractivity contribution in [2.75, 3.05) is 20.2 Å². The third kappa shape index (κ3) is 3.14. The first kappa shape index (κ1) is 14.0. The monoisotopic (exact) mass is 257 g/mol. The topological polar surface area (TPSA) is 23.5 Å². The first-order valence-corrected chi connectivity index (χ1v) is 6.83. The fourth-order valence-corrected chi connectivity index (χ4v) is 2.22. The van der Waals surface area contributed by atoms with Crippen LogP contribution in [0.3, 0.4) is 0 Å². The molecule has 0 unspecified atom stereocenters. The van der Waals surface area contributed by atoms with E-state index in [4.69, 9.17) is 0 Å². The molecule has 0 amide bonds. The zero-order chi connectivity index (χ0) is 13.9. The summed E-state index contributed by atoms with van der Waals surface area (Å²) in [6.45, 7) is 5.26. The van der Waals surface area contributed by atoms with Crippen LogP contribution in [-0.2, 0) is 6.42 Å². The Morgan fingerprint density at radius 3 is 2.47 bits per heavy atom. The molecule has 2 aromatic rings. The second-order valence-corrected chi connectivity index (χ2v) is 5.78. The van der Waals surface area contributed by atoms with Gasteiger partial charge in [-0.3, -0.25) is 4.90 Å². The Balaban J connectivity index is 2.14. The number of rotatable bonds is 5. The van der Waals surface area contributed by atoms with E-state index in [9.17, 15) is 5.11 Å². The Hall–Kier alpha value is -1.38. The molecule has 0 fully saturated rings. The van der Waals surface area contributed by atoms with Gasteiger partial charge < -0.3 is 5.11 Å². The summed E-state index contributed by atoms with van der Waals surface area (Å²) in [6.07, 6.45) is 1.00. The molecule has 1 N–H and O–H groups in total. The maximum absolute atomic E-state index is 9.39. The molecule has 0 bridgehead atoms. The minimum absolute atomic E-state index is 0.162. The van der Waals surface area contributed by atoms with Crippen LogP contribution in [0.4, 0.5) is 0 Å². The van der Waals surface area contributed by atoms with Gasteiger partial charge in [-0.05, 0) is 43.7 Å². The third-order valence-corrected chi connectivity index (χ3v) is 4.02. The van der Waals surface area contributed by atoms with E-state index < -0.39 is 0 Å². The second-order valence-electron chi connectivity index (χ2n) is 5.78. The Bertz CT molecular complexity index is 542. The predicted octanol–water partition coefficient (Wildman–Crippen LogP) is 3.09. The van der Waals surface area contributed by atoms with Crippen LogP contribution in [0.1, 0.15) is 19.4 Å². The van der Waals surface area contributed by atoms with Gasteiger partial charge in [-0.25, -0.2) is 0 Å². The Morgan fingerprint density at radius 1 is 1.05 bits per heavy atom. The normalized spacial score (nSPS) is 12.3. The minimum Gasteiger partial charge on any atom is -0.394 e. The van der Waals surface area contributed by atoms with Crippen molar-refractivity contribution in [2.24, 2.45) is 0 Å². The average Bonchev–Trinajstić information content (AvgIpc) is 2.44. The lowest BCUT2D eigenvalue weighted by Crippen LogP contribution is -2.45. The number of likely N-dealkylation sites (N-methyl/N-ethyl adjacent to an activating group) is 1. The Labute approximate surface area is 115 Å². The molecule has 0 saturated heterocycles. The van der Waals surface area contributed by atoms with Crippen molar-refractivity contribution in [3.63, 3.8) is 0 Å². The van der Waals surface area contributed by atoms with Gasteiger partial charge in [0.1, 0.15) is 0 Å². The summed E-state index contributed by atoms with van der Waals surface area (Å²) >= 11 is 0. The third-order valence-electron chi connectivity index (χ3n) is 4.02. The van der Waals surface area contributed by atoms with Crippen LogP contribution < -0.4 is 0 Å². The van der Waals surface area contributed by atoms with Crippen LogP contribution in [-0.4, -0.2) is 35.7 Å². The van der Waals surface area contributed by atoms with E-state index in [0.29, 0.717) is 0 Å². The quantitative estimate of drug-likeness (QED) is 0.889. The highest BCUT2D eigenvalue weighted by atomic mass is 16.3. The lowest BCUT2D eigenvalue weighted by Gasteiger charge is -2.34. The van der Waals surface area contributed by atoms with Crippen molar-refractivity contribution in [2.45, 2.75) is 25.8 Å². The maximum Gasteiger partial charge on any atom is 0.0609 e. The molecule has 0 spiro atoms. The van der Waals surface area contributed by atoms with Crippen molar-refractivity contribution >= 4 is 10.8 Å². The summed E-state index contributed by atoms with van der Waals surface area (Å²) in [5.74, 6) is 0. The van der Waals surface area contributed by atoms with Gasteiger partial charge >= 0.3 is 0 Å². The van der Waals surface area contributed by atoms with E-state index in [1.807, 2.05) is 0 Å². The highest BCUT2D eigenvalue weighted by molar-refractivity contribution is 5.85. The fourth-order valence-electron chi connectivity index (χ4n) is 2.22. The molecule has 2 rings (SSSR count). The van der Waals surface area contributed by atoms with Crippen LogP contribution in [0.25, 0.3) is 10.8 Å². The molecule has 0 radical (unpaired) electrons. The minimum atomic E-state index is -0.162. The highest BCUT2D eigenvalue weighted by Gasteiger charge is 2.21. The van der Waals surface area contributed by atoms with Gasteiger partial charge in [0.25, 0.3) is 0 Å². The number of aliphatic hydroxyl groups excluding tert-OH is 1. The molecule has 0 atom stereocenters. The molecule has 2 aromatic carbocycles. The summed E-state index contributed by atoms with van der Waals surface area (Å²) in [7, 11) is 2.07. The summed E-state index contributed by atoms with van der Waals surface area (Å²) in [6, 6.07) is 15.0. The van der Waals surface area contributed by atoms with Crippen LogP contribution in [0.15, 0.2) is 42.5 Å². The maximum atomic E-state index is 9.39. The molecule has 0 aromatic heterocycles. The Morgan fingerprint density at radius 2 is 1.74 bits per heavy atom. The van der Waals surface area contributed by atoms with Gasteiger partial charge in [0.05, 0.1) is 6.61 Å². The van der Waals surface area contributed by atoms with Crippen LogP contribution in [0.2, 0.25) is 0 Å². The van der Waals surface area contributed by atoms with Crippen LogP contribution in [0.5, 0.6) is 0 Å². The molecular weight excluding hydrogens is 234 g/mol. The summed E-state index contributed by atoms with van der Waals surface area (Å²) in [5.41, 5.74) is 1.21. The zero-order valence-electron chi connectivity index (χ0n) is 12.1. The molecular formula is C17H23NO. The van der Waals surface area contributed by atoms with E-state index in [1.165, 1.54) is 16.3 Å². The molecule has 19 heavy (non-hydrogen) atoms. The van der Waals surface area contributed by atoms with E-state index in [0.717, 1.165) is 13.0 Å². The lowest BCUT2D eigenvalue weighted by molar-refractivity contribution is 0.0801. The van der Waals surface area contributed by atoms with Gasteiger partial charge in [-0.2, -0.15) is 0 Å². The van der Waals surface area contributed by atoms with E-state index in [1.54, 1.807) is 0 Å². The van der Waals surface area contributed by atoms with E-state index >= 15 is 0 Å². The van der Waals surface area contributed by atoms with Crippen molar-refractivity contribution in [1.29, 1.82) is 0 Å². The van der Waals surface area contributed by atoms with Gasteiger partial charge in [-0.1, -0.05) is 42.5 Å². The highest BCUT2D eigenvalue weighted by Crippen LogP contribution is 2.20. The van der Waals surface area contributed by atoms with E-state index in [2.05, 4.69) is 68.3 Å². The number of aliphatic hydroxyl groups is 1. The molecule has 2 nitrogen and oxygen atoms in total. The molecule has 0 aliphatic rings. The van der Waals surface area contributed by atoms with Gasteiger partial charge in [-0.15, -0.1) is 0 Å². The van der Waals surface area contributed by atoms with E-state index in [-0.39, 0.29) is 12.1 Å². The average molecular weight is 257 g/mol. The lowest BCUT2D eigenvalue weighted by atomic mass is 10.0. The SMILES string of the molecule is CN(CCc1cccc2ccccc12)C(C)(C)CO. The summed E-state index contributed by atoms with van der Waals surface area (Å²) in [5, 5.41) is 12.0. The van der Waals surface area contributed by atoms with Crippen molar-refractivity contribution in [1.82, 2.24) is 4.90 Å². The number of benzene rings is 2. The molecule has 0 aliphatic heterocycles. The van der Waals surface area contributed by atoms with Crippen LogP contribution in [0, 0.1) is 0 Å². The second kappa shape index (κ2) is 5.72. The van der Waals surface area contributed by atoms with Gasteiger partial charge in [0.2, 0.25) is 0 Å². The van der Waals surface area contributed by atoms with Crippen LogP contribution >= 0.6 is 0 Å². The predicted molar refractivity (Wildman–Crippen MR) is 81.4 cm³/mol. The molecule has 2 heteroatoms. The van der Waals surface area contributed by atoms with Crippen molar-refractivity contribution in [3.8, 4) is 0 Å². The Kier molecular flexibility index (Phi) is 4.23. The first-order chi connectivity index (χ1) is 9.04. The van der Waals surface area contributed by atoms with Gasteiger partial charge in [0, 0.05) is 12.1 Å². The first-order valence-electron chi connectivity index (χ1n) is 6.83. The molecule has 0 heterocycles. The smallest absolute Gasteiger partial charge is 0.0609 e. The fraction of sp³-hybridized carbons (Fsp3) is 0.412. The van der Waals surface area contributed by atoms with Crippen molar-refractivity contribution < 1.29 is 5.11 Å². The zero-order valence-corrected chi connectivity index (χ0v) is 12.1. The summed E-state index contributed by atoms with van der Waals surface area (Å²) in [4.78, 5) is 2.22. The number of hydrogen-bond acceptors (Lipinski definition) is 2. The number of fused-ring (bicyclic) bond motifs is 1. The van der Waals surface area contributed by atoms with Crippen molar-refractivity contribution in [3.05, 3.63) is 48.0 Å². The molecule has 102 valence electrons. The number of hydrogen-bond donors (Lipinski definition) is 1. The summed E-state index contributed by atoms with van der Waals surface area (Å²) < 4.78 is 0. The number of nitrogens with zero attached hydrogens (tertiary/aromatic N) is 1. The molecule has 0 aliphatic carbocycles.